The molecule has 0 bridgehead atoms. The number of rotatable bonds is 5. The van der Waals surface area contributed by atoms with Gasteiger partial charge in [0.1, 0.15) is 5.56 Å². The summed E-state index contributed by atoms with van der Waals surface area (Å²) in [7, 11) is 0. The minimum Gasteiger partial charge on any atom is -0.258 e. The summed E-state index contributed by atoms with van der Waals surface area (Å²) in [5.74, 6) is -0.532. The fourth-order valence-corrected chi connectivity index (χ4v) is 1.61. The number of hydrogen-bond acceptors (Lipinski definition) is 4. The van der Waals surface area contributed by atoms with Gasteiger partial charge in [-0.1, -0.05) is 40.6 Å². The molecule has 0 saturated heterocycles. The van der Waals surface area contributed by atoms with E-state index in [0.717, 1.165) is 5.56 Å². The Kier molecular flexibility index (Phi) is 4.41. The third kappa shape index (κ3) is 3.63. The maximum absolute atomic E-state index is 11.7. The lowest BCUT2D eigenvalue weighted by Gasteiger charge is -1.94. The molecule has 0 aliphatic rings. The summed E-state index contributed by atoms with van der Waals surface area (Å²) in [6, 6.07) is 14.9. The van der Waals surface area contributed by atoms with Crippen LogP contribution in [0.5, 0.6) is 0 Å². The lowest BCUT2D eigenvalue weighted by molar-refractivity contribution is -0.883. The molecule has 2 N–H and O–H groups in total. The normalized spacial score (nSPS) is 10.0. The van der Waals surface area contributed by atoms with E-state index >= 15 is 0 Å². The van der Waals surface area contributed by atoms with Gasteiger partial charge in [0.2, 0.25) is 0 Å². The van der Waals surface area contributed by atoms with Crippen molar-refractivity contribution < 1.29 is 20.0 Å². The Morgan fingerprint density at radius 1 is 1.15 bits per heavy atom. The van der Waals surface area contributed by atoms with E-state index in [9.17, 15) is 14.9 Å². The van der Waals surface area contributed by atoms with Crippen molar-refractivity contribution in [2.24, 2.45) is 0 Å². The number of benzene rings is 2. The van der Waals surface area contributed by atoms with Gasteiger partial charge < -0.3 is 0 Å². The Labute approximate surface area is 115 Å². The fourth-order valence-electron chi connectivity index (χ4n) is 1.61. The van der Waals surface area contributed by atoms with Crippen LogP contribution in [0.4, 0.5) is 5.69 Å². The minimum atomic E-state index is -0.532. The fraction of sp³-hybridized carbons (Fsp3) is 0.0714. The maximum Gasteiger partial charge on any atom is 0.669 e. The minimum absolute atomic E-state index is 0.0604. The molecule has 0 spiro atoms. The molecular formula is C14H13N2O4+2. The van der Waals surface area contributed by atoms with Gasteiger partial charge in [-0.05, 0) is 12.1 Å². The van der Waals surface area contributed by atoms with E-state index in [1.54, 1.807) is 0 Å². The van der Waals surface area contributed by atoms with E-state index in [1.165, 1.54) is 29.7 Å². The quantitative estimate of drug-likeness (QED) is 0.507. The summed E-state index contributed by atoms with van der Waals surface area (Å²) < 4.78 is 0. The second kappa shape index (κ2) is 6.44. The molecule has 0 unspecified atom stereocenters. The van der Waals surface area contributed by atoms with Crippen molar-refractivity contribution in [1.29, 1.82) is 0 Å². The molecule has 0 aliphatic carbocycles. The number of nitrogens with zero attached hydrogens (tertiary/aromatic N) is 1. The largest absolute Gasteiger partial charge is 0.669 e. The Hall–Kier alpha value is -2.73. The van der Waals surface area contributed by atoms with Crippen molar-refractivity contribution in [3.8, 4) is 0 Å². The molecule has 0 fully saturated rings. The van der Waals surface area contributed by atoms with Gasteiger partial charge in [0.15, 0.2) is 6.54 Å². The van der Waals surface area contributed by atoms with Crippen molar-refractivity contribution >= 4 is 11.7 Å². The number of carbonyl (C=O) groups is 1. The first kappa shape index (κ1) is 13.7. The average molecular weight is 273 g/mol. The molecule has 0 atom stereocenters. The summed E-state index contributed by atoms with van der Waals surface area (Å²) in [6.45, 7) is 0.513. The number of carbonyl (C=O) groups excluding carboxylic acids is 1. The molecule has 0 aromatic heterocycles. The monoisotopic (exact) mass is 273 g/mol. The van der Waals surface area contributed by atoms with Crippen molar-refractivity contribution in [3.05, 3.63) is 75.8 Å². The average Bonchev–Trinajstić information content (AvgIpc) is 2.48. The topological polar surface area (TPSA) is 88.9 Å². The number of nitro benzene ring substituents is 1. The Bertz CT molecular complexity index is 596. The van der Waals surface area contributed by atoms with Crippen LogP contribution in [0, 0.1) is 10.1 Å². The van der Waals surface area contributed by atoms with Crippen LogP contribution in [0.3, 0.4) is 0 Å². The van der Waals surface area contributed by atoms with E-state index in [0.29, 0.717) is 6.54 Å². The van der Waals surface area contributed by atoms with Crippen LogP contribution >= 0.6 is 0 Å². The van der Waals surface area contributed by atoms with Gasteiger partial charge in [-0.25, -0.2) is 0 Å². The van der Waals surface area contributed by atoms with Gasteiger partial charge in [-0.15, -0.1) is 0 Å². The summed E-state index contributed by atoms with van der Waals surface area (Å²) in [5, 5.41) is 10.5. The van der Waals surface area contributed by atoms with Crippen LogP contribution < -0.4 is 5.48 Å². The summed E-state index contributed by atoms with van der Waals surface area (Å²) in [5.41, 5.74) is 2.66. The molecule has 2 rings (SSSR count). The Morgan fingerprint density at radius 3 is 2.40 bits per heavy atom. The first-order chi connectivity index (χ1) is 9.66. The maximum atomic E-state index is 11.7. The van der Waals surface area contributed by atoms with E-state index in [1.807, 2.05) is 30.3 Å². The van der Waals surface area contributed by atoms with Crippen LogP contribution in [-0.4, -0.2) is 10.9 Å². The molecule has 6 heteroatoms. The van der Waals surface area contributed by atoms with Gasteiger partial charge in [0.25, 0.3) is 5.69 Å². The molecule has 0 aliphatic heterocycles. The molecule has 20 heavy (non-hydrogen) atoms. The molecule has 101 valence electrons. The summed E-state index contributed by atoms with van der Waals surface area (Å²) in [6.07, 6.45) is 0. The lowest BCUT2D eigenvalue weighted by Crippen LogP contribution is -2.82. The Balaban J connectivity index is 1.87. The van der Waals surface area contributed by atoms with Crippen LogP contribution in [0.25, 0.3) is 0 Å². The molecule has 2 aromatic rings. The van der Waals surface area contributed by atoms with Crippen LogP contribution in [0.2, 0.25) is 0 Å². The highest BCUT2D eigenvalue weighted by atomic mass is 16.7. The first-order valence-corrected chi connectivity index (χ1v) is 5.98. The highest BCUT2D eigenvalue weighted by Gasteiger charge is 2.25. The molecule has 0 saturated carbocycles. The van der Waals surface area contributed by atoms with Crippen molar-refractivity contribution in [2.75, 3.05) is 0 Å². The van der Waals surface area contributed by atoms with Crippen LogP contribution in [-0.2, 0) is 11.4 Å². The molecule has 1 radical (unpaired) electrons. The molecular weight excluding hydrogens is 260 g/mol. The van der Waals surface area contributed by atoms with Crippen molar-refractivity contribution in [3.63, 3.8) is 0 Å². The summed E-state index contributed by atoms with van der Waals surface area (Å²) in [4.78, 5) is 26.7. The van der Waals surface area contributed by atoms with Gasteiger partial charge in [0.05, 0.1) is 9.72 Å². The number of non-ortho nitro benzene ring substituents is 1. The molecule has 0 amide bonds. The standard InChI is InChI=1S/C14H12N2O4/c17-14(12-6-8-13(9-7-12)16(18)19)20-15-10-11-4-2-1-3-5-11/h1-9,15H,10H2/q+1/p+1. The van der Waals surface area contributed by atoms with E-state index in [-0.39, 0.29) is 11.3 Å². The van der Waals surface area contributed by atoms with Crippen LogP contribution in [0.1, 0.15) is 15.9 Å². The number of quaternary nitrogens is 1. The highest BCUT2D eigenvalue weighted by Crippen LogP contribution is 2.11. The predicted molar refractivity (Wildman–Crippen MR) is 70.6 cm³/mol. The zero-order valence-corrected chi connectivity index (χ0v) is 10.6. The van der Waals surface area contributed by atoms with Crippen molar-refractivity contribution in [1.82, 2.24) is 0 Å². The van der Waals surface area contributed by atoms with E-state index < -0.39 is 10.9 Å². The lowest BCUT2D eigenvalue weighted by atomic mass is 10.2. The second-order valence-corrected chi connectivity index (χ2v) is 4.07. The zero-order valence-electron chi connectivity index (χ0n) is 10.6. The van der Waals surface area contributed by atoms with Crippen LogP contribution in [0.15, 0.2) is 54.6 Å². The predicted octanol–water partition coefficient (Wildman–Crippen LogP) is 1.43. The van der Waals surface area contributed by atoms with Gasteiger partial charge in [-0.2, -0.15) is 0 Å². The number of hydroxylamine groups is 1. The molecule has 6 nitrogen and oxygen atoms in total. The SMILES string of the molecule is O=[N+]([O-])c1ccc(C(=[O+])O[NH2+]Cc2ccccc2)cc1. The van der Waals surface area contributed by atoms with Gasteiger partial charge >= 0.3 is 5.97 Å². The molecule has 0 heterocycles. The van der Waals surface area contributed by atoms with Gasteiger partial charge in [-0.3, -0.25) is 10.1 Å². The zero-order chi connectivity index (χ0) is 14.4. The molecule has 2 aromatic carbocycles. The Morgan fingerprint density at radius 2 is 1.80 bits per heavy atom. The third-order valence-electron chi connectivity index (χ3n) is 2.67. The van der Waals surface area contributed by atoms with Gasteiger partial charge in [0, 0.05) is 17.7 Å². The summed E-state index contributed by atoms with van der Waals surface area (Å²) >= 11 is 0. The number of nitrogens with two attached hydrogens (primary N) is 1. The van der Waals surface area contributed by atoms with E-state index in [2.05, 4.69) is 0 Å². The third-order valence-corrected chi connectivity index (χ3v) is 2.67. The van der Waals surface area contributed by atoms with E-state index in [4.69, 9.17) is 4.84 Å². The second-order valence-electron chi connectivity index (χ2n) is 4.07. The smallest absolute Gasteiger partial charge is 0.258 e. The number of hydrogen-bond donors (Lipinski definition) is 1. The number of nitro groups is 1. The highest BCUT2D eigenvalue weighted by molar-refractivity contribution is 5.89. The first-order valence-electron chi connectivity index (χ1n) is 5.98. The van der Waals surface area contributed by atoms with Crippen molar-refractivity contribution in [2.45, 2.75) is 6.54 Å².